The van der Waals surface area contributed by atoms with Crippen molar-refractivity contribution in [2.75, 3.05) is 32.0 Å². The van der Waals surface area contributed by atoms with E-state index in [0.29, 0.717) is 11.7 Å². The first-order chi connectivity index (χ1) is 7.84. The summed E-state index contributed by atoms with van der Waals surface area (Å²) in [5, 5.41) is 6.87. The predicted octanol–water partition coefficient (Wildman–Crippen LogP) is 0.798. The highest BCUT2D eigenvalue weighted by Gasteiger charge is 2.19. The molecule has 2 heterocycles. The topological polar surface area (TPSA) is 50.4 Å². The second-order valence-electron chi connectivity index (χ2n) is 4.34. The van der Waals surface area contributed by atoms with Crippen molar-refractivity contribution in [1.82, 2.24) is 10.6 Å². The van der Waals surface area contributed by atoms with Crippen LogP contribution in [0.3, 0.4) is 0 Å². The van der Waals surface area contributed by atoms with Gasteiger partial charge in [0.1, 0.15) is 0 Å². The first kappa shape index (κ1) is 15.1. The summed E-state index contributed by atoms with van der Waals surface area (Å²) in [5.74, 6) is 1.37. The van der Waals surface area contributed by atoms with Crippen LogP contribution in [0.25, 0.3) is 0 Å². The van der Waals surface area contributed by atoms with Crippen molar-refractivity contribution in [2.24, 2.45) is 0 Å². The minimum absolute atomic E-state index is 0. The molecule has 2 atom stereocenters. The Bertz CT molecular complexity index is 232. The van der Waals surface area contributed by atoms with Crippen LogP contribution < -0.4 is 10.6 Å². The molecule has 100 valence electrons. The molecule has 4 nitrogen and oxygen atoms in total. The average Bonchev–Trinajstić information content (AvgIpc) is 2.81. The Morgan fingerprint density at radius 1 is 1.53 bits per heavy atom. The van der Waals surface area contributed by atoms with Gasteiger partial charge in [-0.1, -0.05) is 0 Å². The van der Waals surface area contributed by atoms with Gasteiger partial charge in [0, 0.05) is 24.9 Å². The zero-order chi connectivity index (χ0) is 11.2. The quantitative estimate of drug-likeness (QED) is 0.800. The Balaban J connectivity index is 0.00000144. The van der Waals surface area contributed by atoms with Crippen molar-refractivity contribution in [2.45, 2.75) is 30.6 Å². The van der Waals surface area contributed by atoms with E-state index < -0.39 is 0 Å². The second-order valence-corrected chi connectivity index (χ2v) is 5.75. The standard InChI is InChI=1S/C11H20N2O2S.ClH/c14-11(6-9-7-12-3-4-15-9)13-8-10-2-1-5-16-10;/h9-10,12H,1-8H2,(H,13,14);1H. The monoisotopic (exact) mass is 280 g/mol. The number of morpholine rings is 1. The Kier molecular flexibility index (Phi) is 7.27. The molecule has 17 heavy (non-hydrogen) atoms. The molecular weight excluding hydrogens is 260 g/mol. The molecule has 2 aliphatic heterocycles. The van der Waals surface area contributed by atoms with Gasteiger partial charge in [0.2, 0.25) is 5.91 Å². The van der Waals surface area contributed by atoms with E-state index in [-0.39, 0.29) is 24.4 Å². The number of nitrogens with one attached hydrogen (secondary N) is 2. The molecule has 0 aromatic carbocycles. The van der Waals surface area contributed by atoms with Crippen LogP contribution in [0.5, 0.6) is 0 Å². The van der Waals surface area contributed by atoms with Gasteiger partial charge >= 0.3 is 0 Å². The molecule has 0 aliphatic carbocycles. The maximum atomic E-state index is 11.6. The third-order valence-corrected chi connectivity index (χ3v) is 4.37. The lowest BCUT2D eigenvalue weighted by Crippen LogP contribution is -2.42. The van der Waals surface area contributed by atoms with Gasteiger partial charge in [-0.15, -0.1) is 12.4 Å². The van der Waals surface area contributed by atoms with Crippen LogP contribution in [0.4, 0.5) is 0 Å². The number of hydrogen-bond acceptors (Lipinski definition) is 4. The second kappa shape index (κ2) is 8.19. The summed E-state index contributed by atoms with van der Waals surface area (Å²) in [5.41, 5.74) is 0. The molecule has 2 unspecified atom stereocenters. The lowest BCUT2D eigenvalue weighted by Gasteiger charge is -2.23. The fourth-order valence-electron chi connectivity index (χ4n) is 2.06. The van der Waals surface area contributed by atoms with Crippen LogP contribution in [0.15, 0.2) is 0 Å². The Morgan fingerprint density at radius 2 is 2.41 bits per heavy atom. The molecular formula is C11H21ClN2O2S. The smallest absolute Gasteiger partial charge is 0.222 e. The molecule has 0 radical (unpaired) electrons. The molecule has 6 heteroatoms. The van der Waals surface area contributed by atoms with Gasteiger partial charge in [0.05, 0.1) is 19.1 Å². The van der Waals surface area contributed by atoms with Crippen molar-refractivity contribution in [3.05, 3.63) is 0 Å². The van der Waals surface area contributed by atoms with Gasteiger partial charge in [0.15, 0.2) is 0 Å². The molecule has 0 aromatic heterocycles. The molecule has 0 spiro atoms. The highest BCUT2D eigenvalue weighted by molar-refractivity contribution is 8.00. The zero-order valence-corrected chi connectivity index (χ0v) is 11.6. The fraction of sp³-hybridized carbons (Fsp3) is 0.909. The fourth-order valence-corrected chi connectivity index (χ4v) is 3.26. The zero-order valence-electron chi connectivity index (χ0n) is 9.94. The Labute approximate surface area is 113 Å². The average molecular weight is 281 g/mol. The number of amides is 1. The van der Waals surface area contributed by atoms with E-state index in [1.54, 1.807) is 0 Å². The van der Waals surface area contributed by atoms with Crippen molar-refractivity contribution < 1.29 is 9.53 Å². The van der Waals surface area contributed by atoms with Gasteiger partial charge in [-0.3, -0.25) is 4.79 Å². The van der Waals surface area contributed by atoms with Gasteiger partial charge in [0.25, 0.3) is 0 Å². The van der Waals surface area contributed by atoms with Gasteiger partial charge in [-0.25, -0.2) is 0 Å². The van der Waals surface area contributed by atoms with Crippen LogP contribution in [-0.2, 0) is 9.53 Å². The number of hydrogen-bond donors (Lipinski definition) is 2. The lowest BCUT2D eigenvalue weighted by molar-refractivity contribution is -0.124. The SMILES string of the molecule is Cl.O=C(CC1CNCCO1)NCC1CCCS1. The van der Waals surface area contributed by atoms with E-state index in [2.05, 4.69) is 10.6 Å². The summed E-state index contributed by atoms with van der Waals surface area (Å²) in [7, 11) is 0. The maximum absolute atomic E-state index is 11.6. The number of thioether (sulfide) groups is 1. The first-order valence-electron chi connectivity index (χ1n) is 6.05. The minimum atomic E-state index is 0. The summed E-state index contributed by atoms with van der Waals surface area (Å²) in [6.07, 6.45) is 3.09. The summed E-state index contributed by atoms with van der Waals surface area (Å²) in [6.45, 7) is 3.24. The molecule has 1 amide bonds. The van der Waals surface area contributed by atoms with Crippen molar-refractivity contribution in [3.63, 3.8) is 0 Å². The molecule has 2 rings (SSSR count). The van der Waals surface area contributed by atoms with E-state index in [4.69, 9.17) is 4.74 Å². The van der Waals surface area contributed by atoms with Crippen molar-refractivity contribution in [1.29, 1.82) is 0 Å². The van der Waals surface area contributed by atoms with Crippen molar-refractivity contribution >= 4 is 30.1 Å². The van der Waals surface area contributed by atoms with Crippen LogP contribution >= 0.6 is 24.2 Å². The summed E-state index contributed by atoms with van der Waals surface area (Å²) >= 11 is 1.97. The van der Waals surface area contributed by atoms with E-state index >= 15 is 0 Å². The van der Waals surface area contributed by atoms with Crippen LogP contribution in [0, 0.1) is 0 Å². The highest BCUT2D eigenvalue weighted by atomic mass is 35.5. The van der Waals surface area contributed by atoms with Crippen LogP contribution in [0.1, 0.15) is 19.3 Å². The third-order valence-electron chi connectivity index (χ3n) is 2.97. The van der Waals surface area contributed by atoms with Gasteiger partial charge < -0.3 is 15.4 Å². The normalized spacial score (nSPS) is 28.5. The Morgan fingerprint density at radius 3 is 3.06 bits per heavy atom. The largest absolute Gasteiger partial charge is 0.375 e. The van der Waals surface area contributed by atoms with E-state index in [1.165, 1.54) is 18.6 Å². The number of carbonyl (C=O) groups excluding carboxylic acids is 1. The predicted molar refractivity (Wildman–Crippen MR) is 73.0 cm³/mol. The number of rotatable bonds is 4. The molecule has 2 fully saturated rings. The maximum Gasteiger partial charge on any atom is 0.222 e. The molecule has 2 saturated heterocycles. The summed E-state index contributed by atoms with van der Waals surface area (Å²) in [4.78, 5) is 11.6. The molecule has 0 aromatic rings. The number of halogens is 1. The lowest BCUT2D eigenvalue weighted by atomic mass is 10.2. The highest BCUT2D eigenvalue weighted by Crippen LogP contribution is 2.25. The third kappa shape index (κ3) is 5.46. The molecule has 0 bridgehead atoms. The van der Waals surface area contributed by atoms with E-state index in [1.807, 2.05) is 11.8 Å². The van der Waals surface area contributed by atoms with Crippen LogP contribution in [0.2, 0.25) is 0 Å². The van der Waals surface area contributed by atoms with E-state index in [9.17, 15) is 4.79 Å². The number of ether oxygens (including phenoxy) is 1. The first-order valence-corrected chi connectivity index (χ1v) is 7.10. The Hall–Kier alpha value is 0.0300. The summed E-state index contributed by atoms with van der Waals surface area (Å²) in [6, 6.07) is 0. The van der Waals surface area contributed by atoms with Gasteiger partial charge in [-0.2, -0.15) is 11.8 Å². The molecule has 0 saturated carbocycles. The summed E-state index contributed by atoms with van der Waals surface area (Å²) < 4.78 is 5.49. The number of carbonyl (C=O) groups is 1. The van der Waals surface area contributed by atoms with Crippen LogP contribution in [-0.4, -0.2) is 49.3 Å². The van der Waals surface area contributed by atoms with E-state index in [0.717, 1.165) is 26.2 Å². The molecule has 2 N–H and O–H groups in total. The van der Waals surface area contributed by atoms with Gasteiger partial charge in [-0.05, 0) is 18.6 Å². The molecule has 2 aliphatic rings. The minimum Gasteiger partial charge on any atom is -0.375 e. The van der Waals surface area contributed by atoms with Crippen molar-refractivity contribution in [3.8, 4) is 0 Å².